The smallest absolute Gasteiger partial charge is 0.337 e. The number of esters is 1. The first-order valence-corrected chi connectivity index (χ1v) is 8.63. The van der Waals surface area contributed by atoms with E-state index in [-0.39, 0.29) is 5.91 Å². The monoisotopic (exact) mass is 376 g/mol. The molecule has 0 saturated heterocycles. The van der Waals surface area contributed by atoms with Gasteiger partial charge in [0.25, 0.3) is 5.91 Å². The van der Waals surface area contributed by atoms with Crippen molar-refractivity contribution < 1.29 is 14.3 Å². The van der Waals surface area contributed by atoms with Gasteiger partial charge in [0.2, 0.25) is 0 Å². The Balaban J connectivity index is 1.69. The lowest BCUT2D eigenvalue weighted by atomic mass is 10.2. The molecule has 0 aliphatic carbocycles. The van der Waals surface area contributed by atoms with Crippen LogP contribution in [0.25, 0.3) is 0 Å². The Kier molecular flexibility index (Phi) is 5.96. The SMILES string of the molecule is COC(=O)c1ccc(Nc2cc(C(=O)N(C)Cc3ccccc3)ncn2)cc1. The largest absolute Gasteiger partial charge is 0.465 e. The van der Waals surface area contributed by atoms with E-state index in [1.165, 1.54) is 13.4 Å². The molecular formula is C21H20N4O3. The summed E-state index contributed by atoms with van der Waals surface area (Å²) in [6.07, 6.45) is 1.34. The number of benzene rings is 2. The number of carbonyl (C=O) groups excluding carboxylic acids is 2. The predicted octanol–water partition coefficient (Wildman–Crippen LogP) is 3.28. The van der Waals surface area contributed by atoms with Gasteiger partial charge in [-0.2, -0.15) is 0 Å². The maximum Gasteiger partial charge on any atom is 0.337 e. The molecule has 0 fully saturated rings. The lowest BCUT2D eigenvalue weighted by Crippen LogP contribution is -2.27. The Morgan fingerprint density at radius 1 is 1.04 bits per heavy atom. The molecule has 0 unspecified atom stereocenters. The first-order chi connectivity index (χ1) is 13.6. The van der Waals surface area contributed by atoms with E-state index in [1.54, 1.807) is 42.3 Å². The average molecular weight is 376 g/mol. The van der Waals surface area contributed by atoms with Gasteiger partial charge in [-0.1, -0.05) is 30.3 Å². The maximum absolute atomic E-state index is 12.7. The Hall–Kier alpha value is -3.74. The van der Waals surface area contributed by atoms with Crippen molar-refractivity contribution in [3.05, 3.63) is 83.8 Å². The third-order valence-corrected chi connectivity index (χ3v) is 4.07. The summed E-state index contributed by atoms with van der Waals surface area (Å²) < 4.78 is 4.68. The number of amides is 1. The fourth-order valence-corrected chi connectivity index (χ4v) is 2.62. The zero-order valence-electron chi connectivity index (χ0n) is 15.6. The van der Waals surface area contributed by atoms with E-state index in [9.17, 15) is 9.59 Å². The Morgan fingerprint density at radius 3 is 2.43 bits per heavy atom. The van der Waals surface area contributed by atoms with Crippen LogP contribution in [-0.2, 0) is 11.3 Å². The number of hydrogen-bond donors (Lipinski definition) is 1. The van der Waals surface area contributed by atoms with Crippen molar-refractivity contribution in [3.8, 4) is 0 Å². The lowest BCUT2D eigenvalue weighted by Gasteiger charge is -2.17. The van der Waals surface area contributed by atoms with E-state index in [4.69, 9.17) is 0 Å². The third kappa shape index (κ3) is 4.70. The molecule has 7 nitrogen and oxygen atoms in total. The third-order valence-electron chi connectivity index (χ3n) is 4.07. The molecule has 1 N–H and O–H groups in total. The highest BCUT2D eigenvalue weighted by atomic mass is 16.5. The molecule has 2 aromatic carbocycles. The molecule has 0 saturated carbocycles. The highest BCUT2D eigenvalue weighted by Crippen LogP contribution is 2.17. The summed E-state index contributed by atoms with van der Waals surface area (Å²) >= 11 is 0. The van der Waals surface area contributed by atoms with Crippen LogP contribution in [0.4, 0.5) is 11.5 Å². The molecule has 7 heteroatoms. The van der Waals surface area contributed by atoms with Crippen molar-refractivity contribution in [1.82, 2.24) is 14.9 Å². The molecule has 28 heavy (non-hydrogen) atoms. The normalized spacial score (nSPS) is 10.2. The zero-order valence-corrected chi connectivity index (χ0v) is 15.6. The first kappa shape index (κ1) is 19.0. The summed E-state index contributed by atoms with van der Waals surface area (Å²) in [5.41, 5.74) is 2.51. The summed E-state index contributed by atoms with van der Waals surface area (Å²) in [7, 11) is 3.07. The number of carbonyl (C=O) groups is 2. The molecule has 0 aliphatic heterocycles. The van der Waals surface area contributed by atoms with Crippen LogP contribution in [0.2, 0.25) is 0 Å². The fourth-order valence-electron chi connectivity index (χ4n) is 2.62. The van der Waals surface area contributed by atoms with E-state index < -0.39 is 5.97 Å². The number of anilines is 2. The number of nitrogens with zero attached hydrogens (tertiary/aromatic N) is 3. The number of methoxy groups -OCH3 is 1. The van der Waals surface area contributed by atoms with Crippen LogP contribution in [-0.4, -0.2) is 40.9 Å². The molecule has 1 amide bonds. The molecule has 3 aromatic rings. The van der Waals surface area contributed by atoms with Crippen LogP contribution in [0.3, 0.4) is 0 Å². The van der Waals surface area contributed by atoms with Gasteiger partial charge in [-0.3, -0.25) is 4.79 Å². The van der Waals surface area contributed by atoms with Crippen molar-refractivity contribution in [1.29, 1.82) is 0 Å². The second kappa shape index (κ2) is 8.77. The Morgan fingerprint density at radius 2 is 1.75 bits per heavy atom. The molecule has 0 bridgehead atoms. The highest BCUT2D eigenvalue weighted by Gasteiger charge is 2.14. The fraction of sp³-hybridized carbons (Fsp3) is 0.143. The van der Waals surface area contributed by atoms with Crippen LogP contribution in [0.5, 0.6) is 0 Å². The van der Waals surface area contributed by atoms with Gasteiger partial charge in [0.15, 0.2) is 0 Å². The predicted molar refractivity (Wildman–Crippen MR) is 105 cm³/mol. The molecular weight excluding hydrogens is 356 g/mol. The van der Waals surface area contributed by atoms with Crippen molar-refractivity contribution >= 4 is 23.4 Å². The summed E-state index contributed by atoms with van der Waals surface area (Å²) in [5.74, 6) is -0.115. The molecule has 0 spiro atoms. The van der Waals surface area contributed by atoms with E-state index in [2.05, 4.69) is 20.0 Å². The first-order valence-electron chi connectivity index (χ1n) is 8.63. The van der Waals surface area contributed by atoms with Gasteiger partial charge in [0.05, 0.1) is 12.7 Å². The van der Waals surface area contributed by atoms with Crippen LogP contribution in [0.1, 0.15) is 26.4 Å². The minimum Gasteiger partial charge on any atom is -0.465 e. The number of rotatable bonds is 6. The highest BCUT2D eigenvalue weighted by molar-refractivity contribution is 5.93. The summed E-state index contributed by atoms with van der Waals surface area (Å²) in [6.45, 7) is 0.488. The van der Waals surface area contributed by atoms with E-state index in [0.29, 0.717) is 23.6 Å². The van der Waals surface area contributed by atoms with Gasteiger partial charge in [0, 0.05) is 25.3 Å². The van der Waals surface area contributed by atoms with Crippen LogP contribution in [0, 0.1) is 0 Å². The van der Waals surface area contributed by atoms with E-state index in [0.717, 1.165) is 11.3 Å². The van der Waals surface area contributed by atoms with Gasteiger partial charge in [-0.05, 0) is 29.8 Å². The number of hydrogen-bond acceptors (Lipinski definition) is 6. The number of nitrogens with one attached hydrogen (secondary N) is 1. The van der Waals surface area contributed by atoms with Crippen LogP contribution >= 0.6 is 0 Å². The molecule has 142 valence electrons. The zero-order chi connectivity index (χ0) is 19.9. The van der Waals surface area contributed by atoms with Gasteiger partial charge in [0.1, 0.15) is 17.8 Å². The standard InChI is InChI=1S/C21H20N4O3/c1-25(13-15-6-4-3-5-7-15)20(26)18-12-19(23-14-22-18)24-17-10-8-16(9-11-17)21(27)28-2/h3-12,14H,13H2,1-2H3,(H,22,23,24). The molecule has 0 aliphatic rings. The summed E-state index contributed by atoms with van der Waals surface area (Å²) in [6, 6.07) is 18.1. The molecule has 1 aromatic heterocycles. The number of aromatic nitrogens is 2. The minimum atomic E-state index is -0.400. The lowest BCUT2D eigenvalue weighted by molar-refractivity contribution is 0.0600. The van der Waals surface area contributed by atoms with Crippen molar-refractivity contribution in [2.75, 3.05) is 19.5 Å². The second-order valence-corrected chi connectivity index (χ2v) is 6.13. The van der Waals surface area contributed by atoms with Crippen LogP contribution in [0.15, 0.2) is 67.0 Å². The van der Waals surface area contributed by atoms with Gasteiger partial charge >= 0.3 is 5.97 Å². The maximum atomic E-state index is 12.7. The summed E-state index contributed by atoms with van der Waals surface area (Å²) in [5, 5.41) is 3.10. The minimum absolute atomic E-state index is 0.199. The topological polar surface area (TPSA) is 84.4 Å². The number of ether oxygens (including phenoxy) is 1. The van der Waals surface area contributed by atoms with Crippen molar-refractivity contribution in [2.24, 2.45) is 0 Å². The molecule has 1 heterocycles. The molecule has 0 radical (unpaired) electrons. The van der Waals surface area contributed by atoms with E-state index in [1.807, 2.05) is 30.3 Å². The Bertz CT molecular complexity index is 959. The van der Waals surface area contributed by atoms with Crippen molar-refractivity contribution in [2.45, 2.75) is 6.54 Å². The molecule has 0 atom stereocenters. The van der Waals surface area contributed by atoms with E-state index >= 15 is 0 Å². The van der Waals surface area contributed by atoms with Gasteiger partial charge in [-0.25, -0.2) is 14.8 Å². The average Bonchev–Trinajstić information content (AvgIpc) is 2.74. The van der Waals surface area contributed by atoms with Gasteiger partial charge < -0.3 is 15.0 Å². The molecule has 3 rings (SSSR count). The van der Waals surface area contributed by atoms with Gasteiger partial charge in [-0.15, -0.1) is 0 Å². The quantitative estimate of drug-likeness (QED) is 0.665. The Labute approximate surface area is 163 Å². The van der Waals surface area contributed by atoms with Crippen LogP contribution < -0.4 is 5.32 Å². The second-order valence-electron chi connectivity index (χ2n) is 6.13. The summed E-state index contributed by atoms with van der Waals surface area (Å²) in [4.78, 5) is 34.0. The van der Waals surface area contributed by atoms with Crippen molar-refractivity contribution in [3.63, 3.8) is 0 Å².